The zero-order chi connectivity index (χ0) is 17.9. The van der Waals surface area contributed by atoms with Crippen LogP contribution in [0, 0.1) is 22.2 Å². The van der Waals surface area contributed by atoms with Crippen LogP contribution in [0.15, 0.2) is 23.8 Å². The maximum absolute atomic E-state index is 12.9. The highest BCUT2D eigenvalue weighted by Gasteiger charge is 2.61. The summed E-state index contributed by atoms with van der Waals surface area (Å²) in [5.74, 6) is -0.00347. The summed E-state index contributed by atoms with van der Waals surface area (Å²) >= 11 is 0. The summed E-state index contributed by atoms with van der Waals surface area (Å²) in [4.78, 5) is 12.9. The first kappa shape index (κ1) is 17.8. The van der Waals surface area contributed by atoms with Crippen LogP contribution in [0.4, 0.5) is 0 Å². The largest absolute Gasteiger partial charge is 0.396 e. The first-order chi connectivity index (χ1) is 11.1. The van der Waals surface area contributed by atoms with Crippen LogP contribution in [-0.4, -0.2) is 39.9 Å². The molecule has 0 aromatic rings. The molecule has 1 saturated carbocycles. The van der Waals surface area contributed by atoms with Crippen molar-refractivity contribution in [1.82, 2.24) is 0 Å². The minimum absolute atomic E-state index is 0.0508. The standard InChI is InChI=1S/C20H30O4/c1-5-18(2)7-6-13-12(9-18)14(22)8-16-19(13,3)10-15(23)17(24)20(16,4)11-21/h5,15-17,21,23-24H,1,6-11H2,2-4H3. The smallest absolute Gasteiger partial charge is 0.159 e. The molecule has 4 nitrogen and oxygen atoms in total. The molecule has 0 heterocycles. The first-order valence-corrected chi connectivity index (χ1v) is 8.97. The van der Waals surface area contributed by atoms with Crippen LogP contribution < -0.4 is 0 Å². The van der Waals surface area contributed by atoms with E-state index in [4.69, 9.17) is 0 Å². The number of fused-ring (bicyclic) bond motifs is 2. The molecule has 0 bridgehead atoms. The van der Waals surface area contributed by atoms with Crippen LogP contribution in [-0.2, 0) is 4.79 Å². The summed E-state index contributed by atoms with van der Waals surface area (Å²) in [6.45, 7) is 9.76. The Bertz CT molecular complexity index is 609. The Morgan fingerprint density at radius 3 is 2.54 bits per heavy atom. The van der Waals surface area contributed by atoms with Crippen LogP contribution in [0.1, 0.15) is 52.9 Å². The number of hydrogen-bond donors (Lipinski definition) is 3. The van der Waals surface area contributed by atoms with E-state index >= 15 is 0 Å². The van der Waals surface area contributed by atoms with Crippen molar-refractivity contribution in [2.45, 2.75) is 65.1 Å². The van der Waals surface area contributed by atoms with Crippen molar-refractivity contribution in [2.24, 2.45) is 22.2 Å². The Kier molecular flexibility index (Phi) is 4.10. The summed E-state index contributed by atoms with van der Waals surface area (Å²) in [6.07, 6.45) is 3.34. The minimum atomic E-state index is -1.00. The maximum atomic E-state index is 12.9. The van der Waals surface area contributed by atoms with Gasteiger partial charge in [0.25, 0.3) is 0 Å². The van der Waals surface area contributed by atoms with Gasteiger partial charge in [-0.05, 0) is 48.0 Å². The van der Waals surface area contributed by atoms with Gasteiger partial charge in [-0.15, -0.1) is 6.58 Å². The van der Waals surface area contributed by atoms with Gasteiger partial charge in [-0.2, -0.15) is 0 Å². The Hall–Kier alpha value is -0.970. The van der Waals surface area contributed by atoms with Crippen molar-refractivity contribution >= 4 is 5.78 Å². The molecule has 3 rings (SSSR count). The van der Waals surface area contributed by atoms with Gasteiger partial charge < -0.3 is 15.3 Å². The molecular formula is C20H30O4. The van der Waals surface area contributed by atoms with Crippen molar-refractivity contribution in [2.75, 3.05) is 6.61 Å². The third-order valence-corrected chi connectivity index (χ3v) is 7.38. The van der Waals surface area contributed by atoms with Crippen LogP contribution in [0.2, 0.25) is 0 Å². The van der Waals surface area contributed by atoms with Crippen molar-refractivity contribution in [3.8, 4) is 0 Å². The zero-order valence-corrected chi connectivity index (χ0v) is 15.0. The fraction of sp³-hybridized carbons (Fsp3) is 0.750. The van der Waals surface area contributed by atoms with E-state index in [2.05, 4.69) is 20.4 Å². The Labute approximate surface area is 144 Å². The molecule has 3 aliphatic carbocycles. The molecule has 0 amide bonds. The predicted molar refractivity (Wildman–Crippen MR) is 92.2 cm³/mol. The average molecular weight is 334 g/mol. The molecular weight excluding hydrogens is 304 g/mol. The summed E-state index contributed by atoms with van der Waals surface area (Å²) < 4.78 is 0. The van der Waals surface area contributed by atoms with Crippen LogP contribution in [0.3, 0.4) is 0 Å². The van der Waals surface area contributed by atoms with Gasteiger partial charge in [0.15, 0.2) is 5.78 Å². The number of rotatable bonds is 2. The van der Waals surface area contributed by atoms with E-state index in [1.807, 2.05) is 6.08 Å². The molecule has 0 aliphatic heterocycles. The fourth-order valence-electron chi connectivity index (χ4n) is 5.60. The van der Waals surface area contributed by atoms with E-state index < -0.39 is 17.6 Å². The highest BCUT2D eigenvalue weighted by molar-refractivity contribution is 5.98. The van der Waals surface area contributed by atoms with Crippen molar-refractivity contribution in [3.63, 3.8) is 0 Å². The normalized spacial score (nSPS) is 48.8. The van der Waals surface area contributed by atoms with Gasteiger partial charge in [-0.25, -0.2) is 0 Å². The predicted octanol–water partition coefficient (Wildman–Crippen LogP) is 2.38. The molecule has 0 aromatic heterocycles. The average Bonchev–Trinajstić information content (AvgIpc) is 2.55. The Balaban J connectivity index is 2.11. The van der Waals surface area contributed by atoms with E-state index in [0.29, 0.717) is 19.3 Å². The van der Waals surface area contributed by atoms with E-state index in [-0.39, 0.29) is 29.1 Å². The summed E-state index contributed by atoms with van der Waals surface area (Å²) in [6, 6.07) is 0. The van der Waals surface area contributed by atoms with Gasteiger partial charge in [0.1, 0.15) is 0 Å². The number of carbonyl (C=O) groups is 1. The molecule has 0 saturated heterocycles. The number of aliphatic hydroxyl groups excluding tert-OH is 3. The number of carbonyl (C=O) groups excluding carboxylic acids is 1. The van der Waals surface area contributed by atoms with Crippen molar-refractivity contribution < 1.29 is 20.1 Å². The first-order valence-electron chi connectivity index (χ1n) is 8.97. The molecule has 4 heteroatoms. The lowest BCUT2D eigenvalue weighted by Crippen LogP contribution is -2.61. The molecule has 3 N–H and O–H groups in total. The fourth-order valence-corrected chi connectivity index (χ4v) is 5.60. The number of allylic oxidation sites excluding steroid dienone is 3. The number of aliphatic hydroxyl groups is 3. The van der Waals surface area contributed by atoms with Gasteiger partial charge in [0.2, 0.25) is 0 Å². The quantitative estimate of drug-likeness (QED) is 0.678. The molecule has 0 radical (unpaired) electrons. The third kappa shape index (κ3) is 2.27. The lowest BCUT2D eigenvalue weighted by Gasteiger charge is -2.59. The lowest BCUT2D eigenvalue weighted by molar-refractivity contribution is -0.179. The molecule has 0 aromatic carbocycles. The zero-order valence-electron chi connectivity index (χ0n) is 15.0. The lowest BCUT2D eigenvalue weighted by atomic mass is 9.46. The molecule has 24 heavy (non-hydrogen) atoms. The van der Waals surface area contributed by atoms with E-state index in [1.165, 1.54) is 0 Å². The van der Waals surface area contributed by atoms with Crippen LogP contribution >= 0.6 is 0 Å². The van der Waals surface area contributed by atoms with Gasteiger partial charge >= 0.3 is 0 Å². The molecule has 1 fully saturated rings. The number of ketones is 1. The van der Waals surface area contributed by atoms with E-state index in [1.54, 1.807) is 6.92 Å². The second-order valence-electron chi connectivity index (χ2n) is 8.97. The maximum Gasteiger partial charge on any atom is 0.159 e. The second kappa shape index (κ2) is 5.52. The van der Waals surface area contributed by atoms with Gasteiger partial charge in [-0.1, -0.05) is 32.4 Å². The third-order valence-electron chi connectivity index (χ3n) is 7.38. The van der Waals surface area contributed by atoms with Crippen LogP contribution in [0.25, 0.3) is 0 Å². The molecule has 6 atom stereocenters. The number of Topliss-reactive ketones (excluding diaryl/α,β-unsaturated/α-hetero) is 1. The highest BCUT2D eigenvalue weighted by atomic mass is 16.3. The minimum Gasteiger partial charge on any atom is -0.396 e. The monoisotopic (exact) mass is 334 g/mol. The molecule has 3 aliphatic rings. The van der Waals surface area contributed by atoms with E-state index in [9.17, 15) is 20.1 Å². The highest BCUT2D eigenvalue weighted by Crippen LogP contribution is 2.62. The number of hydrogen-bond acceptors (Lipinski definition) is 4. The second-order valence-corrected chi connectivity index (χ2v) is 8.97. The molecule has 6 unspecified atom stereocenters. The Morgan fingerprint density at radius 1 is 1.29 bits per heavy atom. The van der Waals surface area contributed by atoms with Gasteiger partial charge in [0, 0.05) is 11.8 Å². The van der Waals surface area contributed by atoms with Gasteiger partial charge in [0.05, 0.1) is 18.8 Å². The van der Waals surface area contributed by atoms with E-state index in [0.717, 1.165) is 24.0 Å². The van der Waals surface area contributed by atoms with Crippen LogP contribution in [0.5, 0.6) is 0 Å². The topological polar surface area (TPSA) is 77.8 Å². The van der Waals surface area contributed by atoms with Crippen molar-refractivity contribution in [1.29, 1.82) is 0 Å². The Morgan fingerprint density at radius 2 is 1.96 bits per heavy atom. The summed E-state index contributed by atoms with van der Waals surface area (Å²) in [7, 11) is 0. The van der Waals surface area contributed by atoms with Gasteiger partial charge in [-0.3, -0.25) is 4.79 Å². The van der Waals surface area contributed by atoms with Crippen molar-refractivity contribution in [3.05, 3.63) is 23.8 Å². The summed E-state index contributed by atoms with van der Waals surface area (Å²) in [5, 5.41) is 31.0. The summed E-state index contributed by atoms with van der Waals surface area (Å²) in [5.41, 5.74) is 0.798. The molecule has 0 spiro atoms. The molecule has 134 valence electrons. The SMILES string of the molecule is C=CC1(C)CCC2=C(C1)C(=O)CC1C2(C)CC(O)C(O)C1(C)CO.